The molecule has 2 aromatic carbocycles. The minimum Gasteiger partial charge on any atom is -0.455 e. The van der Waals surface area contributed by atoms with Crippen molar-refractivity contribution >= 4 is 55.1 Å². The number of ether oxygens (including phenoxy) is 1. The number of carbonyl (C=O) groups excluding carboxylic acids is 2. The summed E-state index contributed by atoms with van der Waals surface area (Å²) >= 11 is 6.27. The normalized spacial score (nSPS) is 10.3. The fraction of sp³-hybridized carbons (Fsp3) is 0.125. The molecule has 0 fully saturated rings. The molecule has 0 aliphatic carbocycles. The van der Waals surface area contributed by atoms with Gasteiger partial charge in [-0.1, -0.05) is 12.1 Å². The zero-order valence-corrected chi connectivity index (χ0v) is 16.2. The van der Waals surface area contributed by atoms with Gasteiger partial charge >= 0.3 is 5.97 Å². The summed E-state index contributed by atoms with van der Waals surface area (Å²) in [7, 11) is 0. The highest BCUT2D eigenvalue weighted by molar-refractivity contribution is 9.11. The Hall–Kier alpha value is -2.33. The summed E-state index contributed by atoms with van der Waals surface area (Å²) in [4.78, 5) is 33.9. The predicted molar refractivity (Wildman–Crippen MR) is 98.2 cm³/mol. The lowest BCUT2D eigenvalue weighted by molar-refractivity contribution is -0.385. The number of nitro benzene ring substituents is 1. The zero-order chi connectivity index (χ0) is 19.3. The maximum Gasteiger partial charge on any atom is 0.310 e. The van der Waals surface area contributed by atoms with Crippen molar-refractivity contribution in [3.05, 3.63) is 66.8 Å². The molecule has 0 aliphatic rings. The molecule has 0 saturated heterocycles. The average molecular weight is 490 g/mol. The monoisotopic (exact) mass is 488 g/mol. The first-order valence-corrected chi connectivity index (χ1v) is 8.68. The Morgan fingerprint density at radius 3 is 2.27 bits per heavy atom. The van der Waals surface area contributed by atoms with Crippen LogP contribution in [0, 0.1) is 15.9 Å². The van der Waals surface area contributed by atoms with Crippen molar-refractivity contribution < 1.29 is 23.6 Å². The van der Waals surface area contributed by atoms with Crippen LogP contribution in [0.4, 0.5) is 15.8 Å². The van der Waals surface area contributed by atoms with Gasteiger partial charge < -0.3 is 10.1 Å². The number of carbonyl (C=O) groups is 2. The van der Waals surface area contributed by atoms with Gasteiger partial charge in [-0.2, -0.15) is 0 Å². The van der Waals surface area contributed by atoms with E-state index < -0.39 is 29.2 Å². The van der Waals surface area contributed by atoms with Gasteiger partial charge in [-0.05, 0) is 49.6 Å². The number of esters is 1. The van der Waals surface area contributed by atoms with Gasteiger partial charge in [0, 0.05) is 21.1 Å². The van der Waals surface area contributed by atoms with Gasteiger partial charge in [0.25, 0.3) is 11.6 Å². The first kappa shape index (κ1) is 20.0. The van der Waals surface area contributed by atoms with Crippen molar-refractivity contribution in [3.8, 4) is 0 Å². The van der Waals surface area contributed by atoms with Gasteiger partial charge in [0.1, 0.15) is 5.82 Å². The number of amides is 1. The summed E-state index contributed by atoms with van der Waals surface area (Å²) in [5.41, 5.74) is 0.667. The molecular formula is C16H11Br2FN2O5. The molecule has 0 spiro atoms. The van der Waals surface area contributed by atoms with E-state index in [1.807, 2.05) is 0 Å². The van der Waals surface area contributed by atoms with Crippen LogP contribution in [0.5, 0.6) is 0 Å². The van der Waals surface area contributed by atoms with Crippen LogP contribution < -0.4 is 5.32 Å². The summed E-state index contributed by atoms with van der Waals surface area (Å²) in [5.74, 6) is -1.68. The fourth-order valence-electron chi connectivity index (χ4n) is 1.93. The van der Waals surface area contributed by atoms with Crippen molar-refractivity contribution in [1.82, 2.24) is 0 Å². The second kappa shape index (κ2) is 8.86. The zero-order valence-electron chi connectivity index (χ0n) is 13.0. The number of nitro groups is 1. The number of rotatable bonds is 6. The molecule has 10 heteroatoms. The number of nitrogens with one attached hydrogen (secondary N) is 1. The molecule has 26 heavy (non-hydrogen) atoms. The number of anilines is 1. The number of halogens is 3. The predicted octanol–water partition coefficient (Wildman–Crippen LogP) is 3.98. The molecule has 2 rings (SSSR count). The van der Waals surface area contributed by atoms with Crippen LogP contribution in [0.25, 0.3) is 0 Å². The second-order valence-electron chi connectivity index (χ2n) is 5.05. The summed E-state index contributed by atoms with van der Waals surface area (Å²) in [6, 6.07) is 7.81. The van der Waals surface area contributed by atoms with Crippen LogP contribution in [0.2, 0.25) is 0 Å². The van der Waals surface area contributed by atoms with E-state index in [1.54, 1.807) is 0 Å². The maximum atomic E-state index is 12.8. The summed E-state index contributed by atoms with van der Waals surface area (Å²) in [5, 5.41) is 13.3. The van der Waals surface area contributed by atoms with Crippen LogP contribution in [0.15, 0.2) is 45.3 Å². The third kappa shape index (κ3) is 5.60. The molecule has 0 saturated carbocycles. The highest BCUT2D eigenvalue weighted by atomic mass is 79.9. The molecule has 0 unspecified atom stereocenters. The van der Waals surface area contributed by atoms with Crippen LogP contribution in [-0.4, -0.2) is 23.4 Å². The smallest absolute Gasteiger partial charge is 0.310 e. The number of nitrogens with zero attached hydrogens (tertiary/aromatic N) is 1. The van der Waals surface area contributed by atoms with E-state index in [1.165, 1.54) is 36.4 Å². The fourth-order valence-corrected chi connectivity index (χ4v) is 3.29. The van der Waals surface area contributed by atoms with E-state index in [0.717, 1.165) is 0 Å². The lowest BCUT2D eigenvalue weighted by Gasteiger charge is -2.10. The van der Waals surface area contributed by atoms with E-state index in [4.69, 9.17) is 4.74 Å². The van der Waals surface area contributed by atoms with Gasteiger partial charge in [0.2, 0.25) is 0 Å². The molecule has 0 atom stereocenters. The molecular weight excluding hydrogens is 479 g/mol. The molecule has 0 aliphatic heterocycles. The van der Waals surface area contributed by atoms with Crippen molar-refractivity contribution in [2.75, 3.05) is 11.9 Å². The molecule has 0 heterocycles. The third-order valence-electron chi connectivity index (χ3n) is 3.13. The Labute approximate surface area is 163 Å². The average Bonchev–Trinajstić information content (AvgIpc) is 2.58. The summed E-state index contributed by atoms with van der Waals surface area (Å²) < 4.78 is 18.3. The Balaban J connectivity index is 1.91. The molecule has 2 aromatic rings. The SMILES string of the molecule is O=C(COC(=O)Cc1ccc(F)cc1)Nc1c(Br)cc([N+](=O)[O-])cc1Br. The Morgan fingerprint density at radius 1 is 1.15 bits per heavy atom. The van der Waals surface area contributed by atoms with Crippen LogP contribution in [0.3, 0.4) is 0 Å². The molecule has 7 nitrogen and oxygen atoms in total. The highest BCUT2D eigenvalue weighted by Gasteiger charge is 2.16. The Morgan fingerprint density at radius 2 is 1.73 bits per heavy atom. The summed E-state index contributed by atoms with van der Waals surface area (Å²) in [6.45, 7) is -0.532. The van der Waals surface area contributed by atoms with E-state index in [-0.39, 0.29) is 17.8 Å². The maximum absolute atomic E-state index is 12.8. The molecule has 136 valence electrons. The Bertz CT molecular complexity index is 835. The quantitative estimate of drug-likeness (QED) is 0.376. The Kier molecular flexibility index (Phi) is 6.81. The minimum atomic E-state index is -0.645. The summed E-state index contributed by atoms with van der Waals surface area (Å²) in [6.07, 6.45) is -0.0987. The van der Waals surface area contributed by atoms with Crippen molar-refractivity contribution in [3.63, 3.8) is 0 Å². The van der Waals surface area contributed by atoms with Crippen molar-refractivity contribution in [2.24, 2.45) is 0 Å². The topological polar surface area (TPSA) is 98.5 Å². The van der Waals surface area contributed by atoms with E-state index in [2.05, 4.69) is 37.2 Å². The van der Waals surface area contributed by atoms with Crippen LogP contribution in [0.1, 0.15) is 5.56 Å². The number of non-ortho nitro benzene ring substituents is 1. The van der Waals surface area contributed by atoms with Crippen molar-refractivity contribution in [1.29, 1.82) is 0 Å². The number of hydrogen-bond donors (Lipinski definition) is 1. The molecule has 1 N–H and O–H groups in total. The third-order valence-corrected chi connectivity index (χ3v) is 4.38. The minimum absolute atomic E-state index is 0.0987. The number of hydrogen-bond acceptors (Lipinski definition) is 5. The highest BCUT2D eigenvalue weighted by Crippen LogP contribution is 2.35. The second-order valence-corrected chi connectivity index (χ2v) is 6.76. The van der Waals surface area contributed by atoms with Gasteiger partial charge in [-0.15, -0.1) is 0 Å². The largest absolute Gasteiger partial charge is 0.455 e. The molecule has 0 radical (unpaired) electrons. The molecule has 0 bridgehead atoms. The van der Waals surface area contributed by atoms with E-state index in [0.29, 0.717) is 14.5 Å². The lowest BCUT2D eigenvalue weighted by Crippen LogP contribution is -2.22. The van der Waals surface area contributed by atoms with Gasteiger partial charge in [0.15, 0.2) is 6.61 Å². The van der Waals surface area contributed by atoms with Gasteiger partial charge in [-0.25, -0.2) is 4.39 Å². The first-order chi connectivity index (χ1) is 12.3. The van der Waals surface area contributed by atoms with Crippen LogP contribution >= 0.6 is 31.9 Å². The van der Waals surface area contributed by atoms with Crippen LogP contribution in [-0.2, 0) is 20.7 Å². The number of benzene rings is 2. The van der Waals surface area contributed by atoms with E-state index in [9.17, 15) is 24.1 Å². The standard InChI is InChI=1S/C16H11Br2FN2O5/c17-12-6-11(21(24)25)7-13(18)16(12)20-14(22)8-26-15(23)5-9-1-3-10(19)4-2-9/h1-4,6-7H,5,8H2,(H,20,22). The molecule has 0 aromatic heterocycles. The first-order valence-electron chi connectivity index (χ1n) is 7.09. The molecule has 1 amide bonds. The lowest BCUT2D eigenvalue weighted by atomic mass is 10.1. The van der Waals surface area contributed by atoms with Crippen molar-refractivity contribution in [2.45, 2.75) is 6.42 Å². The van der Waals surface area contributed by atoms with E-state index >= 15 is 0 Å². The van der Waals surface area contributed by atoms with Gasteiger partial charge in [0.05, 0.1) is 17.0 Å². The van der Waals surface area contributed by atoms with Gasteiger partial charge in [-0.3, -0.25) is 19.7 Å².